The number of thiazole rings is 1. The Morgan fingerprint density at radius 1 is 0.971 bits per heavy atom. The average molecular weight is 1020 g/mol. The van der Waals surface area contributed by atoms with Crippen molar-refractivity contribution >= 4 is 72.7 Å². The fourth-order valence-electron chi connectivity index (χ4n) is 11.2. The van der Waals surface area contributed by atoms with E-state index in [-0.39, 0.29) is 43.3 Å². The highest BCUT2D eigenvalue weighted by Gasteiger charge is 2.53. The van der Waals surface area contributed by atoms with Crippen LogP contribution in [0, 0.1) is 12.3 Å². The van der Waals surface area contributed by atoms with Crippen LogP contribution < -0.4 is 16.2 Å². The number of aliphatic hydroxyl groups excluding tert-OH is 1. The van der Waals surface area contributed by atoms with Gasteiger partial charge in [0.25, 0.3) is 11.5 Å². The quantitative estimate of drug-likeness (QED) is 0.104. The number of β-amino-alcohol motifs (C(OH)–C–C–N with tert-alkyl or cyclic N) is 1. The first-order chi connectivity index (χ1) is 33.1. The fourth-order valence-corrected chi connectivity index (χ4v) is 12.5. The third-order valence-corrected chi connectivity index (χ3v) is 16.9. The molecule has 364 valence electrons. The molecule has 0 unspecified atom stereocenters. The molecule has 16 heteroatoms. The number of halogens is 2. The summed E-state index contributed by atoms with van der Waals surface area (Å²) in [5.41, 5.74) is 6.19. The number of amides is 3. The van der Waals surface area contributed by atoms with E-state index in [4.69, 9.17) is 4.98 Å². The second kappa shape index (κ2) is 18.9. The lowest BCUT2D eigenvalue weighted by molar-refractivity contribution is -0.145. The molecule has 2 saturated heterocycles. The Morgan fingerprint density at radius 3 is 2.39 bits per heavy atom. The van der Waals surface area contributed by atoms with Crippen molar-refractivity contribution in [1.29, 1.82) is 0 Å². The summed E-state index contributed by atoms with van der Waals surface area (Å²) in [4.78, 5) is 69.1. The summed E-state index contributed by atoms with van der Waals surface area (Å²) in [6, 6.07) is 18.8. The van der Waals surface area contributed by atoms with E-state index in [1.807, 2.05) is 42.8 Å². The predicted octanol–water partition coefficient (Wildman–Crippen LogP) is 8.92. The number of fused-ring (bicyclic) bond motifs is 5. The molecule has 4 fully saturated rings. The van der Waals surface area contributed by atoms with Gasteiger partial charge in [0.05, 0.1) is 50.2 Å². The van der Waals surface area contributed by atoms with Crippen LogP contribution in [0.5, 0.6) is 0 Å². The van der Waals surface area contributed by atoms with Crippen molar-refractivity contribution in [3.63, 3.8) is 0 Å². The molecule has 0 radical (unpaired) electrons. The Morgan fingerprint density at radius 2 is 1.71 bits per heavy atom. The van der Waals surface area contributed by atoms with Crippen molar-refractivity contribution in [2.45, 2.75) is 140 Å². The van der Waals surface area contributed by atoms with Gasteiger partial charge in [0.2, 0.25) is 17.6 Å². The van der Waals surface area contributed by atoms with E-state index >= 15 is 0 Å². The summed E-state index contributed by atoms with van der Waals surface area (Å²) < 4.78 is 20.1. The zero-order valence-electron chi connectivity index (χ0n) is 39.8. The maximum absolute atomic E-state index is 14.8. The minimum Gasteiger partial charge on any atom is -0.391 e. The van der Waals surface area contributed by atoms with Crippen LogP contribution in [0.15, 0.2) is 75.4 Å². The molecular formula is C53H62BrFN8O5S. The van der Waals surface area contributed by atoms with E-state index in [1.54, 1.807) is 32.1 Å². The number of aryl methyl sites for hydroxylation is 1. The molecule has 3 amide bonds. The maximum atomic E-state index is 14.8. The van der Waals surface area contributed by atoms with Gasteiger partial charge in [-0.25, -0.2) is 9.37 Å². The third kappa shape index (κ3) is 9.38. The number of benzene rings is 3. The molecule has 4 atom stereocenters. The van der Waals surface area contributed by atoms with Gasteiger partial charge in [-0.1, -0.05) is 70.0 Å². The van der Waals surface area contributed by atoms with Gasteiger partial charge >= 0.3 is 0 Å². The normalized spacial score (nSPS) is 21.1. The number of aliphatic hydroxyl groups is 1. The standard InChI is InChI=1S/C53H62BrFN8O5S/c1-31-45(69-30-56-31)34-16-14-33(15-17-34)39(57-47(65)43-28-37(64)29-61(43)49(67)46(52(2,3)4)58-50(68)53(55)22-23-53)12-8-24-60-25-20-32(21-26-60)35-18-19-40-42(27-35)62(36-9-5-6-10-36)51-59-48(66)44-38(54)11-7-13-41(44)63(40)51/h7,11,13-19,27,30,32,36-37,39,43,46,64H,5-6,8-10,12,20-26,28-29H2,1-4H3,(H,57,65)(H,58,68)/t37-,39+,43+,46-/m1/s1. The second-order valence-electron chi connectivity index (χ2n) is 21.1. The fraction of sp³-hybridized carbons (Fsp3) is 0.509. The number of alkyl halides is 1. The van der Waals surface area contributed by atoms with Crippen LogP contribution in [0.1, 0.15) is 126 Å². The van der Waals surface area contributed by atoms with E-state index in [1.165, 1.54) is 23.3 Å². The smallest absolute Gasteiger partial charge is 0.283 e. The molecule has 0 spiro atoms. The first kappa shape index (κ1) is 47.6. The minimum atomic E-state index is -1.97. The summed E-state index contributed by atoms with van der Waals surface area (Å²) >= 11 is 5.20. The van der Waals surface area contributed by atoms with Crippen LogP contribution in [0.3, 0.4) is 0 Å². The Labute approximate surface area is 414 Å². The largest absolute Gasteiger partial charge is 0.391 e. The topological polar surface area (TPSA) is 154 Å². The second-order valence-corrected chi connectivity index (χ2v) is 22.8. The Kier molecular flexibility index (Phi) is 13.1. The Bertz CT molecular complexity index is 2980. The van der Waals surface area contributed by atoms with Crippen molar-refractivity contribution in [1.82, 2.24) is 39.4 Å². The molecule has 4 aliphatic rings. The van der Waals surface area contributed by atoms with Crippen LogP contribution in [0.25, 0.3) is 38.2 Å². The number of imidazole rings is 1. The van der Waals surface area contributed by atoms with Crippen LogP contribution in [-0.4, -0.2) is 102 Å². The van der Waals surface area contributed by atoms with Gasteiger partial charge in [-0.2, -0.15) is 4.98 Å². The number of rotatable bonds is 13. The molecule has 2 aliphatic heterocycles. The molecular weight excluding hydrogens is 960 g/mol. The number of nitrogens with one attached hydrogen (secondary N) is 2. The highest BCUT2D eigenvalue weighted by atomic mass is 79.9. The molecule has 10 rings (SSSR count). The average Bonchev–Trinajstić information content (AvgIpc) is 3.78. The molecule has 6 aromatic rings. The summed E-state index contributed by atoms with van der Waals surface area (Å²) in [6.07, 6.45) is 7.32. The van der Waals surface area contributed by atoms with Crippen molar-refractivity contribution in [3.8, 4) is 10.4 Å². The van der Waals surface area contributed by atoms with E-state index in [0.717, 1.165) is 94.5 Å². The first-order valence-electron chi connectivity index (χ1n) is 24.7. The number of aromatic nitrogens is 4. The van der Waals surface area contributed by atoms with Gasteiger partial charge < -0.3 is 30.1 Å². The summed E-state index contributed by atoms with van der Waals surface area (Å²) in [7, 11) is 0. The summed E-state index contributed by atoms with van der Waals surface area (Å²) in [5.74, 6) is -0.583. The number of carbonyl (C=O) groups is 3. The van der Waals surface area contributed by atoms with Crippen molar-refractivity contribution in [3.05, 3.63) is 97.8 Å². The van der Waals surface area contributed by atoms with Gasteiger partial charge in [-0.3, -0.25) is 23.6 Å². The molecule has 3 N–H and O–H groups in total. The lowest BCUT2D eigenvalue weighted by atomic mass is 9.85. The molecule has 2 saturated carbocycles. The number of hydrogen-bond donors (Lipinski definition) is 3. The van der Waals surface area contributed by atoms with Crippen LogP contribution in [-0.2, 0) is 14.4 Å². The van der Waals surface area contributed by atoms with Crippen molar-refractivity contribution in [2.24, 2.45) is 5.41 Å². The first-order valence-corrected chi connectivity index (χ1v) is 26.4. The van der Waals surface area contributed by atoms with Gasteiger partial charge in [0, 0.05) is 23.5 Å². The molecule has 5 heterocycles. The van der Waals surface area contributed by atoms with E-state index < -0.39 is 41.1 Å². The Balaban J connectivity index is 0.839. The monoisotopic (exact) mass is 1020 g/mol. The summed E-state index contributed by atoms with van der Waals surface area (Å²) in [6.45, 7) is 10.1. The zero-order chi connectivity index (χ0) is 48.4. The Hall–Kier alpha value is -5.03. The van der Waals surface area contributed by atoms with Gasteiger partial charge in [0.1, 0.15) is 12.1 Å². The van der Waals surface area contributed by atoms with Crippen LogP contribution in [0.4, 0.5) is 4.39 Å². The number of carbonyl (C=O) groups excluding carboxylic acids is 3. The molecule has 13 nitrogen and oxygen atoms in total. The number of likely N-dealkylation sites (tertiary alicyclic amines) is 2. The maximum Gasteiger partial charge on any atom is 0.283 e. The van der Waals surface area contributed by atoms with Crippen molar-refractivity contribution < 1.29 is 23.9 Å². The minimum absolute atomic E-state index is 0.0577. The number of hydrogen-bond acceptors (Lipinski definition) is 9. The van der Waals surface area contributed by atoms with E-state index in [0.29, 0.717) is 29.5 Å². The lowest BCUT2D eigenvalue weighted by Gasteiger charge is -2.36. The molecule has 3 aromatic carbocycles. The van der Waals surface area contributed by atoms with Gasteiger partial charge in [-0.15, -0.1) is 11.3 Å². The predicted molar refractivity (Wildman–Crippen MR) is 271 cm³/mol. The summed E-state index contributed by atoms with van der Waals surface area (Å²) in [5, 5.41) is 17.4. The molecule has 3 aromatic heterocycles. The van der Waals surface area contributed by atoms with Crippen molar-refractivity contribution in [2.75, 3.05) is 26.2 Å². The van der Waals surface area contributed by atoms with Gasteiger partial charge in [-0.05, 0) is 146 Å². The van der Waals surface area contributed by atoms with Crippen LogP contribution >= 0.6 is 27.3 Å². The highest BCUT2D eigenvalue weighted by molar-refractivity contribution is 9.10. The molecule has 2 aliphatic carbocycles. The molecule has 69 heavy (non-hydrogen) atoms. The van der Waals surface area contributed by atoms with E-state index in [2.05, 4.69) is 75.7 Å². The SMILES string of the molecule is Cc1ncsc1-c1ccc([C@H](CCCN2CCC(c3ccc4c(c3)n(C3CCCC3)c3nc(=O)c5c(Br)cccc5n43)CC2)NC(=O)[C@@H]2C[C@@H](O)CN2C(=O)[C@@H](NC(=O)C2(F)CC2)C(C)(C)C)cc1. The highest BCUT2D eigenvalue weighted by Crippen LogP contribution is 2.41. The lowest BCUT2D eigenvalue weighted by Crippen LogP contribution is -2.59. The van der Waals surface area contributed by atoms with Gasteiger partial charge in [0.15, 0.2) is 5.67 Å². The molecule has 0 bridgehead atoms. The zero-order valence-corrected chi connectivity index (χ0v) is 42.3. The third-order valence-electron chi connectivity index (χ3n) is 15.3. The number of nitrogens with zero attached hydrogens (tertiary/aromatic N) is 6. The van der Waals surface area contributed by atoms with E-state index in [9.17, 15) is 28.7 Å². The number of piperidine rings is 1. The van der Waals surface area contributed by atoms with Crippen LogP contribution in [0.2, 0.25) is 0 Å².